The fourth-order valence-corrected chi connectivity index (χ4v) is 3.07. The van der Waals surface area contributed by atoms with Crippen molar-refractivity contribution in [1.82, 2.24) is 10.6 Å². The Labute approximate surface area is 186 Å². The summed E-state index contributed by atoms with van der Waals surface area (Å²) in [5.74, 6) is 1.19. The molecule has 3 unspecified atom stereocenters. The molecule has 0 aromatic heterocycles. The summed E-state index contributed by atoms with van der Waals surface area (Å²) >= 11 is 0. The SMILES string of the molecule is CCNC(=NCC(O)c1ccc(OC(F)F)cc1)NC1CC1c1ccccc1.I. The number of guanidine groups is 1. The molecule has 0 spiro atoms. The van der Waals surface area contributed by atoms with Gasteiger partial charge in [-0.1, -0.05) is 42.5 Å². The number of alkyl halides is 2. The fraction of sp³-hybridized carbons (Fsp3) is 0.381. The highest BCUT2D eigenvalue weighted by Gasteiger charge is 2.38. The van der Waals surface area contributed by atoms with E-state index in [2.05, 4.69) is 32.5 Å². The lowest BCUT2D eigenvalue weighted by atomic mass is 10.1. The average Bonchev–Trinajstić information content (AvgIpc) is 3.46. The third-order valence-electron chi connectivity index (χ3n) is 4.60. The maximum atomic E-state index is 12.2. The zero-order valence-corrected chi connectivity index (χ0v) is 18.4. The molecular weight excluding hydrogens is 491 g/mol. The summed E-state index contributed by atoms with van der Waals surface area (Å²) in [6.45, 7) is -0.00905. The van der Waals surface area contributed by atoms with Crippen LogP contribution in [0.25, 0.3) is 0 Å². The molecule has 5 nitrogen and oxygen atoms in total. The zero-order valence-electron chi connectivity index (χ0n) is 16.1. The van der Waals surface area contributed by atoms with Gasteiger partial charge in [0.15, 0.2) is 5.96 Å². The van der Waals surface area contributed by atoms with Gasteiger partial charge in [-0.25, -0.2) is 0 Å². The first-order chi connectivity index (χ1) is 13.6. The van der Waals surface area contributed by atoms with Crippen molar-refractivity contribution in [2.24, 2.45) is 4.99 Å². The van der Waals surface area contributed by atoms with Crippen LogP contribution < -0.4 is 15.4 Å². The lowest BCUT2D eigenvalue weighted by molar-refractivity contribution is -0.0498. The number of ether oxygens (including phenoxy) is 1. The lowest BCUT2D eigenvalue weighted by Gasteiger charge is -2.14. The van der Waals surface area contributed by atoms with Crippen LogP contribution >= 0.6 is 24.0 Å². The molecule has 0 amide bonds. The predicted molar refractivity (Wildman–Crippen MR) is 120 cm³/mol. The second kappa shape index (κ2) is 11.3. The number of aliphatic imine (C=N–C) groups is 1. The van der Waals surface area contributed by atoms with Crippen molar-refractivity contribution in [3.63, 3.8) is 0 Å². The van der Waals surface area contributed by atoms with Crippen molar-refractivity contribution in [3.05, 3.63) is 65.7 Å². The van der Waals surface area contributed by atoms with Gasteiger partial charge in [-0.2, -0.15) is 8.78 Å². The van der Waals surface area contributed by atoms with Gasteiger partial charge in [0, 0.05) is 18.5 Å². The maximum absolute atomic E-state index is 12.2. The Morgan fingerprint density at radius 2 is 1.86 bits per heavy atom. The minimum Gasteiger partial charge on any atom is -0.435 e. The molecule has 1 saturated carbocycles. The monoisotopic (exact) mass is 517 g/mol. The van der Waals surface area contributed by atoms with Crippen LogP contribution in [-0.4, -0.2) is 36.8 Å². The molecule has 158 valence electrons. The number of halogens is 3. The van der Waals surface area contributed by atoms with Crippen LogP contribution in [-0.2, 0) is 0 Å². The molecule has 3 rings (SSSR count). The van der Waals surface area contributed by atoms with Crippen LogP contribution in [0.3, 0.4) is 0 Å². The quantitative estimate of drug-likeness (QED) is 0.281. The van der Waals surface area contributed by atoms with E-state index in [-0.39, 0.29) is 36.3 Å². The summed E-state index contributed by atoms with van der Waals surface area (Å²) in [4.78, 5) is 4.46. The molecule has 1 aliphatic rings. The number of nitrogens with one attached hydrogen (secondary N) is 2. The van der Waals surface area contributed by atoms with E-state index < -0.39 is 12.7 Å². The van der Waals surface area contributed by atoms with Crippen LogP contribution in [0.1, 0.15) is 36.5 Å². The van der Waals surface area contributed by atoms with Gasteiger partial charge in [-0.15, -0.1) is 24.0 Å². The van der Waals surface area contributed by atoms with E-state index in [4.69, 9.17) is 0 Å². The number of aliphatic hydroxyl groups excluding tert-OH is 1. The molecule has 3 N–H and O–H groups in total. The number of hydrogen-bond acceptors (Lipinski definition) is 3. The molecule has 1 aliphatic carbocycles. The zero-order chi connectivity index (χ0) is 19.9. The summed E-state index contributed by atoms with van der Waals surface area (Å²) in [5.41, 5.74) is 1.90. The van der Waals surface area contributed by atoms with Gasteiger partial charge in [0.25, 0.3) is 0 Å². The van der Waals surface area contributed by atoms with Crippen LogP contribution in [0.4, 0.5) is 8.78 Å². The summed E-state index contributed by atoms with van der Waals surface area (Å²) < 4.78 is 28.7. The van der Waals surface area contributed by atoms with Gasteiger partial charge in [0.2, 0.25) is 0 Å². The molecule has 1 fully saturated rings. The lowest BCUT2D eigenvalue weighted by Crippen LogP contribution is -2.39. The molecule has 3 atom stereocenters. The summed E-state index contributed by atoms with van der Waals surface area (Å²) in [7, 11) is 0. The molecule has 0 heterocycles. The van der Waals surface area contributed by atoms with Crippen LogP contribution in [0.15, 0.2) is 59.6 Å². The Bertz CT molecular complexity index is 775. The molecule has 2 aromatic rings. The summed E-state index contributed by atoms with van der Waals surface area (Å²) in [6.07, 6.45) is 0.211. The van der Waals surface area contributed by atoms with E-state index in [1.54, 1.807) is 12.1 Å². The van der Waals surface area contributed by atoms with Crippen molar-refractivity contribution < 1.29 is 18.6 Å². The first kappa shape index (κ1) is 23.3. The van der Waals surface area contributed by atoms with E-state index in [1.807, 2.05) is 25.1 Å². The Morgan fingerprint density at radius 1 is 1.17 bits per heavy atom. The minimum atomic E-state index is -2.86. The number of aliphatic hydroxyl groups is 1. The van der Waals surface area contributed by atoms with Gasteiger partial charge in [0.1, 0.15) is 5.75 Å². The standard InChI is InChI=1S/C21H25F2N3O2.HI/c1-2-24-21(26-18-12-17(18)14-6-4-3-5-7-14)25-13-19(27)15-8-10-16(11-9-15)28-20(22)23;/h3-11,17-20,27H,2,12-13H2,1H3,(H2,24,25,26);1H. The van der Waals surface area contributed by atoms with E-state index in [9.17, 15) is 13.9 Å². The Kier molecular flexibility index (Phi) is 9.09. The molecule has 8 heteroatoms. The molecule has 0 bridgehead atoms. The summed E-state index contributed by atoms with van der Waals surface area (Å²) in [5, 5.41) is 16.9. The van der Waals surface area contributed by atoms with Gasteiger partial charge in [0.05, 0.1) is 12.6 Å². The first-order valence-corrected chi connectivity index (χ1v) is 9.39. The van der Waals surface area contributed by atoms with Gasteiger partial charge in [-0.3, -0.25) is 4.99 Å². The van der Waals surface area contributed by atoms with E-state index in [0.717, 1.165) is 6.42 Å². The highest BCUT2D eigenvalue weighted by molar-refractivity contribution is 14.0. The minimum absolute atomic E-state index is 0. The molecule has 2 aromatic carbocycles. The number of hydrogen-bond donors (Lipinski definition) is 3. The molecule has 29 heavy (non-hydrogen) atoms. The molecular formula is C21H26F2IN3O2. The highest BCUT2D eigenvalue weighted by atomic mass is 127. The first-order valence-electron chi connectivity index (χ1n) is 9.39. The van der Waals surface area contributed by atoms with Gasteiger partial charge < -0.3 is 20.5 Å². The number of rotatable bonds is 8. The third kappa shape index (κ3) is 7.11. The number of nitrogens with zero attached hydrogens (tertiary/aromatic N) is 1. The van der Waals surface area contributed by atoms with Crippen molar-refractivity contribution in [2.45, 2.75) is 38.0 Å². The fourth-order valence-electron chi connectivity index (χ4n) is 3.07. The molecule has 0 aliphatic heterocycles. The van der Waals surface area contributed by atoms with Gasteiger partial charge >= 0.3 is 6.61 Å². The molecule has 0 saturated heterocycles. The Morgan fingerprint density at radius 3 is 2.48 bits per heavy atom. The maximum Gasteiger partial charge on any atom is 0.387 e. The Hall–Kier alpha value is -1.94. The average molecular weight is 517 g/mol. The molecule has 0 radical (unpaired) electrons. The van der Waals surface area contributed by atoms with E-state index >= 15 is 0 Å². The topological polar surface area (TPSA) is 65.9 Å². The van der Waals surface area contributed by atoms with Crippen molar-refractivity contribution in [2.75, 3.05) is 13.1 Å². The smallest absolute Gasteiger partial charge is 0.387 e. The Balaban J connectivity index is 0.00000300. The van der Waals surface area contributed by atoms with Crippen molar-refractivity contribution in [3.8, 4) is 5.75 Å². The highest BCUT2D eigenvalue weighted by Crippen LogP contribution is 2.40. The summed E-state index contributed by atoms with van der Waals surface area (Å²) in [6, 6.07) is 16.6. The largest absolute Gasteiger partial charge is 0.435 e. The second-order valence-electron chi connectivity index (χ2n) is 6.69. The van der Waals surface area contributed by atoms with E-state index in [0.29, 0.717) is 30.0 Å². The van der Waals surface area contributed by atoms with Gasteiger partial charge in [-0.05, 0) is 36.6 Å². The van der Waals surface area contributed by atoms with Crippen LogP contribution in [0.2, 0.25) is 0 Å². The normalized spacial score (nSPS) is 19.3. The van der Waals surface area contributed by atoms with E-state index in [1.165, 1.54) is 17.7 Å². The third-order valence-corrected chi connectivity index (χ3v) is 4.60. The van der Waals surface area contributed by atoms with Crippen LogP contribution in [0, 0.1) is 0 Å². The van der Waals surface area contributed by atoms with Crippen molar-refractivity contribution >= 4 is 29.9 Å². The second-order valence-corrected chi connectivity index (χ2v) is 6.69. The van der Waals surface area contributed by atoms with Crippen molar-refractivity contribution in [1.29, 1.82) is 0 Å². The number of benzene rings is 2. The van der Waals surface area contributed by atoms with Crippen LogP contribution in [0.5, 0.6) is 5.75 Å². The predicted octanol–water partition coefficient (Wildman–Crippen LogP) is 4.05.